The van der Waals surface area contributed by atoms with Crippen molar-refractivity contribution in [3.63, 3.8) is 0 Å². The number of carbonyl (C=O) groups is 2. The van der Waals surface area contributed by atoms with Crippen molar-refractivity contribution >= 4 is 11.9 Å². The molecule has 4 heteroatoms. The minimum atomic E-state index is -0.147. The summed E-state index contributed by atoms with van der Waals surface area (Å²) in [7, 11) is 1.54. The Bertz CT molecular complexity index is 228. The number of amides is 3. The van der Waals surface area contributed by atoms with Crippen molar-refractivity contribution in [1.29, 1.82) is 0 Å². The Morgan fingerprint density at radius 3 is 2.43 bits per heavy atom. The monoisotopic (exact) mass is 198 g/mol. The average Bonchev–Trinajstić information content (AvgIpc) is 2.41. The standard InChI is InChI=1S/C10H18N2O2/c1-3-4-5-6-7-12-8-9(13)11(2)10(12)14/h3-8H2,1-2H3. The third kappa shape index (κ3) is 2.47. The normalized spacial score (nSPS) is 17.0. The molecule has 0 atom stereocenters. The first-order valence-electron chi connectivity index (χ1n) is 5.22. The Kier molecular flexibility index (Phi) is 3.92. The van der Waals surface area contributed by atoms with Crippen LogP contribution in [0.4, 0.5) is 4.79 Å². The molecule has 1 heterocycles. The van der Waals surface area contributed by atoms with E-state index in [1.165, 1.54) is 24.8 Å². The molecule has 0 unspecified atom stereocenters. The molecule has 1 aliphatic rings. The number of likely N-dealkylation sites (N-methyl/N-ethyl adjacent to an activating group) is 1. The Balaban J connectivity index is 2.26. The molecular formula is C10H18N2O2. The van der Waals surface area contributed by atoms with Gasteiger partial charge in [0.05, 0.1) is 0 Å². The van der Waals surface area contributed by atoms with E-state index >= 15 is 0 Å². The second-order valence-electron chi connectivity index (χ2n) is 3.72. The summed E-state index contributed by atoms with van der Waals surface area (Å²) in [5, 5.41) is 0. The molecule has 4 nitrogen and oxygen atoms in total. The minimum absolute atomic E-state index is 0.0921. The zero-order valence-electron chi connectivity index (χ0n) is 8.95. The fourth-order valence-corrected chi connectivity index (χ4v) is 1.56. The molecule has 0 aromatic carbocycles. The highest BCUT2D eigenvalue weighted by molar-refractivity contribution is 6.01. The maximum Gasteiger partial charge on any atom is 0.326 e. The molecule has 80 valence electrons. The van der Waals surface area contributed by atoms with Gasteiger partial charge in [0, 0.05) is 13.6 Å². The van der Waals surface area contributed by atoms with Gasteiger partial charge in [-0.25, -0.2) is 4.79 Å². The van der Waals surface area contributed by atoms with E-state index in [1.807, 2.05) is 0 Å². The number of urea groups is 1. The minimum Gasteiger partial charge on any atom is -0.315 e. The maximum absolute atomic E-state index is 11.4. The van der Waals surface area contributed by atoms with E-state index in [9.17, 15) is 9.59 Å². The molecule has 1 aliphatic heterocycles. The fraction of sp³-hybridized carbons (Fsp3) is 0.800. The lowest BCUT2D eigenvalue weighted by Crippen LogP contribution is -2.30. The van der Waals surface area contributed by atoms with Crippen LogP contribution in [0.3, 0.4) is 0 Å². The Morgan fingerprint density at radius 1 is 1.21 bits per heavy atom. The average molecular weight is 198 g/mol. The summed E-state index contributed by atoms with van der Waals surface area (Å²) in [4.78, 5) is 25.4. The van der Waals surface area contributed by atoms with Crippen LogP contribution >= 0.6 is 0 Å². The summed E-state index contributed by atoms with van der Waals surface area (Å²) >= 11 is 0. The number of hydrogen-bond donors (Lipinski definition) is 0. The van der Waals surface area contributed by atoms with Crippen molar-refractivity contribution in [1.82, 2.24) is 9.80 Å². The van der Waals surface area contributed by atoms with Crippen molar-refractivity contribution in [3.05, 3.63) is 0 Å². The molecule has 0 bridgehead atoms. The van der Waals surface area contributed by atoms with Crippen LogP contribution in [0, 0.1) is 0 Å². The van der Waals surface area contributed by atoms with E-state index in [0.717, 1.165) is 19.4 Å². The molecule has 0 N–H and O–H groups in total. The SMILES string of the molecule is CCCCCCN1CC(=O)N(C)C1=O. The van der Waals surface area contributed by atoms with Gasteiger partial charge in [-0.3, -0.25) is 9.69 Å². The smallest absolute Gasteiger partial charge is 0.315 e. The largest absolute Gasteiger partial charge is 0.326 e. The number of nitrogens with zero attached hydrogens (tertiary/aromatic N) is 2. The molecule has 1 fully saturated rings. The highest BCUT2D eigenvalue weighted by Crippen LogP contribution is 2.09. The number of hydrogen-bond acceptors (Lipinski definition) is 2. The van der Waals surface area contributed by atoms with Gasteiger partial charge in [-0.05, 0) is 6.42 Å². The van der Waals surface area contributed by atoms with Gasteiger partial charge in [0.1, 0.15) is 6.54 Å². The predicted octanol–water partition coefficient (Wildman–Crippen LogP) is 1.46. The van der Waals surface area contributed by atoms with Gasteiger partial charge in [0.25, 0.3) is 0 Å². The quantitative estimate of drug-likeness (QED) is 0.495. The lowest BCUT2D eigenvalue weighted by atomic mass is 10.2. The van der Waals surface area contributed by atoms with Gasteiger partial charge in [0.15, 0.2) is 0 Å². The van der Waals surface area contributed by atoms with Gasteiger partial charge < -0.3 is 4.90 Å². The summed E-state index contributed by atoms with van der Waals surface area (Å²) in [6, 6.07) is -0.147. The van der Waals surface area contributed by atoms with Crippen LogP contribution < -0.4 is 0 Å². The summed E-state index contributed by atoms with van der Waals surface area (Å²) in [5.41, 5.74) is 0. The molecule has 1 saturated heterocycles. The number of unbranched alkanes of at least 4 members (excludes halogenated alkanes) is 3. The summed E-state index contributed by atoms with van der Waals surface area (Å²) < 4.78 is 0. The lowest BCUT2D eigenvalue weighted by molar-refractivity contribution is -0.124. The second-order valence-corrected chi connectivity index (χ2v) is 3.72. The number of rotatable bonds is 5. The van der Waals surface area contributed by atoms with Crippen molar-refractivity contribution < 1.29 is 9.59 Å². The van der Waals surface area contributed by atoms with Gasteiger partial charge in [0.2, 0.25) is 5.91 Å². The van der Waals surface area contributed by atoms with Crippen molar-refractivity contribution in [3.8, 4) is 0 Å². The summed E-state index contributed by atoms with van der Waals surface area (Å²) in [6.07, 6.45) is 4.53. The van der Waals surface area contributed by atoms with Gasteiger partial charge >= 0.3 is 6.03 Å². The van der Waals surface area contributed by atoms with Gasteiger partial charge in [-0.15, -0.1) is 0 Å². The van der Waals surface area contributed by atoms with E-state index in [0.29, 0.717) is 0 Å². The first-order valence-corrected chi connectivity index (χ1v) is 5.22. The van der Waals surface area contributed by atoms with Crippen molar-refractivity contribution in [2.75, 3.05) is 20.1 Å². The van der Waals surface area contributed by atoms with Crippen molar-refractivity contribution in [2.45, 2.75) is 32.6 Å². The zero-order valence-corrected chi connectivity index (χ0v) is 8.95. The van der Waals surface area contributed by atoms with E-state index in [4.69, 9.17) is 0 Å². The first kappa shape index (κ1) is 11.0. The number of imide groups is 1. The van der Waals surface area contributed by atoms with Crippen LogP contribution in [0.2, 0.25) is 0 Å². The molecule has 1 rings (SSSR count). The highest BCUT2D eigenvalue weighted by Gasteiger charge is 2.32. The summed E-state index contributed by atoms with van der Waals surface area (Å²) in [6.45, 7) is 3.13. The van der Waals surface area contributed by atoms with E-state index in [1.54, 1.807) is 4.90 Å². The molecular weight excluding hydrogens is 180 g/mol. The van der Waals surface area contributed by atoms with Crippen LogP contribution in [0.15, 0.2) is 0 Å². The molecule has 0 aromatic rings. The second kappa shape index (κ2) is 4.98. The lowest BCUT2D eigenvalue weighted by Gasteiger charge is -2.13. The number of carbonyl (C=O) groups excluding carboxylic acids is 2. The van der Waals surface area contributed by atoms with Crippen LogP contribution in [-0.2, 0) is 4.79 Å². The van der Waals surface area contributed by atoms with E-state index in [2.05, 4.69) is 6.92 Å². The maximum atomic E-state index is 11.4. The third-order valence-electron chi connectivity index (χ3n) is 2.54. The first-order chi connectivity index (χ1) is 6.66. The molecule has 0 aromatic heterocycles. The molecule has 0 spiro atoms. The Hall–Kier alpha value is -1.06. The molecule has 0 radical (unpaired) electrons. The van der Waals surface area contributed by atoms with Crippen LogP contribution in [0.1, 0.15) is 32.6 Å². The van der Waals surface area contributed by atoms with Gasteiger partial charge in [-0.2, -0.15) is 0 Å². The molecule has 0 saturated carbocycles. The Morgan fingerprint density at radius 2 is 1.93 bits per heavy atom. The van der Waals surface area contributed by atoms with Crippen LogP contribution in [0.25, 0.3) is 0 Å². The predicted molar refractivity (Wildman–Crippen MR) is 53.9 cm³/mol. The van der Waals surface area contributed by atoms with Crippen LogP contribution in [-0.4, -0.2) is 41.9 Å². The molecule has 3 amide bonds. The Labute approximate surface area is 84.9 Å². The summed E-state index contributed by atoms with van der Waals surface area (Å²) in [5.74, 6) is -0.0921. The highest BCUT2D eigenvalue weighted by atomic mass is 16.2. The molecule has 14 heavy (non-hydrogen) atoms. The van der Waals surface area contributed by atoms with Gasteiger partial charge in [-0.1, -0.05) is 26.2 Å². The fourth-order valence-electron chi connectivity index (χ4n) is 1.56. The zero-order chi connectivity index (χ0) is 10.6. The molecule has 0 aliphatic carbocycles. The van der Waals surface area contributed by atoms with Crippen molar-refractivity contribution in [2.24, 2.45) is 0 Å². The third-order valence-corrected chi connectivity index (χ3v) is 2.54. The topological polar surface area (TPSA) is 40.6 Å². The van der Waals surface area contributed by atoms with Crippen LogP contribution in [0.5, 0.6) is 0 Å². The van der Waals surface area contributed by atoms with E-state index in [-0.39, 0.29) is 18.5 Å². The van der Waals surface area contributed by atoms with E-state index < -0.39 is 0 Å².